The van der Waals surface area contributed by atoms with Crippen LogP contribution >= 0.6 is 39.9 Å². The number of unbranched alkanes of at least 4 members (excludes halogenated alkanes) is 3. The van der Waals surface area contributed by atoms with Crippen molar-refractivity contribution in [1.82, 2.24) is 5.32 Å². The summed E-state index contributed by atoms with van der Waals surface area (Å²) in [7, 11) is 3.23. The highest BCUT2D eigenvalue weighted by atomic mass is 127. The summed E-state index contributed by atoms with van der Waals surface area (Å²) in [6, 6.07) is 3.86. The third-order valence-electron chi connectivity index (χ3n) is 3.26. The molecule has 0 aliphatic heterocycles. The fourth-order valence-corrected chi connectivity index (χ4v) is 2.71. The van der Waals surface area contributed by atoms with E-state index in [1.807, 2.05) is 12.1 Å². The van der Waals surface area contributed by atoms with Crippen molar-refractivity contribution < 1.29 is 9.47 Å². The van der Waals surface area contributed by atoms with Crippen molar-refractivity contribution >= 4 is 45.9 Å². The summed E-state index contributed by atoms with van der Waals surface area (Å²) in [6.07, 6.45) is 4.83. The Kier molecular flexibility index (Phi) is 12.3. The van der Waals surface area contributed by atoms with E-state index < -0.39 is 0 Å². The molecule has 5 nitrogen and oxygen atoms in total. The van der Waals surface area contributed by atoms with Gasteiger partial charge in [0.05, 0.1) is 25.2 Å². The first kappa shape index (κ1) is 22.3. The Morgan fingerprint density at radius 3 is 2.57 bits per heavy atom. The number of rotatable bonds is 9. The van der Waals surface area contributed by atoms with Gasteiger partial charge < -0.3 is 20.5 Å². The molecule has 0 unspecified atom stereocenters. The largest absolute Gasteiger partial charge is 0.493 e. The standard InChI is InChI=1S/C16H26BrN3O2.HI/c1-4-5-6-7-8-19-16(18)20-11-12-9-13(17)15(22-3)14(10-12)21-2;/h9-10H,4-8,11H2,1-3H3,(H3,18,19,20);1H. The van der Waals surface area contributed by atoms with Gasteiger partial charge in [-0.15, -0.1) is 24.0 Å². The second-order valence-corrected chi connectivity index (χ2v) is 5.86. The van der Waals surface area contributed by atoms with Crippen molar-refractivity contribution in [1.29, 1.82) is 0 Å². The number of nitrogens with two attached hydrogens (primary N) is 1. The maximum Gasteiger partial charge on any atom is 0.188 e. The van der Waals surface area contributed by atoms with Crippen LogP contribution in [0.25, 0.3) is 0 Å². The van der Waals surface area contributed by atoms with Gasteiger partial charge in [-0.2, -0.15) is 0 Å². The van der Waals surface area contributed by atoms with E-state index in [1.54, 1.807) is 14.2 Å². The fraction of sp³-hybridized carbons (Fsp3) is 0.562. The van der Waals surface area contributed by atoms with Crippen molar-refractivity contribution in [3.63, 3.8) is 0 Å². The Morgan fingerprint density at radius 1 is 1.22 bits per heavy atom. The topological polar surface area (TPSA) is 68.9 Å². The molecule has 132 valence electrons. The predicted molar refractivity (Wildman–Crippen MR) is 110 cm³/mol. The number of hydrogen-bond acceptors (Lipinski definition) is 3. The van der Waals surface area contributed by atoms with E-state index in [2.05, 4.69) is 33.2 Å². The molecule has 0 saturated heterocycles. The van der Waals surface area contributed by atoms with Gasteiger partial charge in [0.25, 0.3) is 0 Å². The van der Waals surface area contributed by atoms with Gasteiger partial charge in [0.1, 0.15) is 0 Å². The first-order valence-corrected chi connectivity index (χ1v) is 8.35. The highest BCUT2D eigenvalue weighted by Gasteiger charge is 2.10. The molecule has 0 aliphatic carbocycles. The van der Waals surface area contributed by atoms with E-state index in [0.29, 0.717) is 24.0 Å². The number of ether oxygens (including phenoxy) is 2. The third-order valence-corrected chi connectivity index (χ3v) is 3.85. The van der Waals surface area contributed by atoms with Crippen LogP contribution in [0.15, 0.2) is 21.6 Å². The van der Waals surface area contributed by atoms with E-state index in [9.17, 15) is 0 Å². The monoisotopic (exact) mass is 499 g/mol. The Morgan fingerprint density at radius 2 is 1.96 bits per heavy atom. The molecule has 3 N–H and O–H groups in total. The Labute approximate surface area is 164 Å². The summed E-state index contributed by atoms with van der Waals surface area (Å²) < 4.78 is 11.4. The van der Waals surface area contributed by atoms with Crippen LogP contribution in [0, 0.1) is 0 Å². The molecule has 0 heterocycles. The van der Waals surface area contributed by atoms with E-state index in [0.717, 1.165) is 23.0 Å². The lowest BCUT2D eigenvalue weighted by Gasteiger charge is -2.11. The molecule has 0 aromatic heterocycles. The average Bonchev–Trinajstić information content (AvgIpc) is 2.52. The lowest BCUT2D eigenvalue weighted by molar-refractivity contribution is 0.352. The Hall–Kier alpha value is -0.700. The Bertz CT molecular complexity index is 498. The lowest BCUT2D eigenvalue weighted by atomic mass is 10.2. The molecule has 0 atom stereocenters. The van der Waals surface area contributed by atoms with E-state index in [4.69, 9.17) is 15.2 Å². The Balaban J connectivity index is 0.00000484. The minimum atomic E-state index is 0. The molecule has 0 saturated carbocycles. The molecule has 0 radical (unpaired) electrons. The van der Waals surface area contributed by atoms with Crippen molar-refractivity contribution in [3.05, 3.63) is 22.2 Å². The number of aliphatic imine (C=N–C) groups is 1. The van der Waals surface area contributed by atoms with Gasteiger partial charge in [-0.1, -0.05) is 26.2 Å². The zero-order chi connectivity index (χ0) is 16.4. The quantitative estimate of drug-likeness (QED) is 0.232. The molecule has 7 heteroatoms. The van der Waals surface area contributed by atoms with Crippen LogP contribution in [0.1, 0.15) is 38.2 Å². The van der Waals surface area contributed by atoms with Crippen molar-refractivity contribution in [2.24, 2.45) is 10.7 Å². The van der Waals surface area contributed by atoms with Gasteiger partial charge in [0, 0.05) is 6.54 Å². The molecule has 0 spiro atoms. The highest BCUT2D eigenvalue weighted by Crippen LogP contribution is 2.36. The van der Waals surface area contributed by atoms with E-state index >= 15 is 0 Å². The average molecular weight is 500 g/mol. The normalized spacial score (nSPS) is 10.9. The zero-order valence-corrected chi connectivity index (χ0v) is 17.9. The number of nitrogens with zero attached hydrogens (tertiary/aromatic N) is 1. The van der Waals surface area contributed by atoms with Gasteiger partial charge in [0.15, 0.2) is 17.5 Å². The van der Waals surface area contributed by atoms with Crippen LogP contribution in [-0.2, 0) is 6.54 Å². The summed E-state index contributed by atoms with van der Waals surface area (Å²) in [4.78, 5) is 4.35. The van der Waals surface area contributed by atoms with Crippen molar-refractivity contribution in [2.75, 3.05) is 20.8 Å². The molecule has 0 fully saturated rings. The number of nitrogens with one attached hydrogen (secondary N) is 1. The number of hydrogen-bond donors (Lipinski definition) is 2. The summed E-state index contributed by atoms with van der Waals surface area (Å²) in [5.74, 6) is 1.83. The molecule has 0 bridgehead atoms. The molecule has 23 heavy (non-hydrogen) atoms. The van der Waals surface area contributed by atoms with Crippen LogP contribution in [0.4, 0.5) is 0 Å². The minimum Gasteiger partial charge on any atom is -0.493 e. The molecular formula is C16H27BrIN3O2. The first-order chi connectivity index (χ1) is 10.6. The number of halogens is 2. The fourth-order valence-electron chi connectivity index (χ4n) is 2.06. The summed E-state index contributed by atoms with van der Waals surface area (Å²) in [5.41, 5.74) is 6.87. The van der Waals surface area contributed by atoms with Crippen LogP contribution < -0.4 is 20.5 Å². The maximum atomic E-state index is 5.87. The van der Waals surface area contributed by atoms with E-state index in [-0.39, 0.29) is 24.0 Å². The maximum absolute atomic E-state index is 5.87. The number of guanidine groups is 1. The molecule has 0 aliphatic rings. The highest BCUT2D eigenvalue weighted by molar-refractivity contribution is 14.0. The van der Waals surface area contributed by atoms with Gasteiger partial charge in [-0.3, -0.25) is 0 Å². The van der Waals surface area contributed by atoms with Crippen LogP contribution in [-0.4, -0.2) is 26.7 Å². The summed E-state index contributed by atoms with van der Waals surface area (Å²) >= 11 is 3.47. The van der Waals surface area contributed by atoms with E-state index in [1.165, 1.54) is 19.3 Å². The molecule has 1 rings (SSSR count). The van der Waals surface area contributed by atoms with Gasteiger partial charge >= 0.3 is 0 Å². The van der Waals surface area contributed by atoms with Crippen LogP contribution in [0.5, 0.6) is 11.5 Å². The van der Waals surface area contributed by atoms with Gasteiger partial charge in [-0.25, -0.2) is 4.99 Å². The first-order valence-electron chi connectivity index (χ1n) is 7.56. The zero-order valence-electron chi connectivity index (χ0n) is 14.0. The molecule has 0 amide bonds. The van der Waals surface area contributed by atoms with Gasteiger partial charge in [0.2, 0.25) is 0 Å². The summed E-state index contributed by atoms with van der Waals surface area (Å²) in [5, 5.41) is 3.14. The van der Waals surface area contributed by atoms with Crippen molar-refractivity contribution in [3.8, 4) is 11.5 Å². The molecular weight excluding hydrogens is 473 g/mol. The van der Waals surface area contributed by atoms with Gasteiger partial charge in [-0.05, 0) is 40.0 Å². The smallest absolute Gasteiger partial charge is 0.188 e. The van der Waals surface area contributed by atoms with Crippen LogP contribution in [0.2, 0.25) is 0 Å². The molecule has 1 aromatic carbocycles. The second kappa shape index (κ2) is 12.7. The third kappa shape index (κ3) is 8.10. The predicted octanol–water partition coefficient (Wildman–Crippen LogP) is 4.07. The lowest BCUT2D eigenvalue weighted by Crippen LogP contribution is -2.32. The van der Waals surface area contributed by atoms with Crippen LogP contribution in [0.3, 0.4) is 0 Å². The number of benzene rings is 1. The second-order valence-electron chi connectivity index (χ2n) is 5.00. The minimum absolute atomic E-state index is 0. The SMILES string of the molecule is CCCCCCNC(N)=NCc1cc(Br)c(OC)c(OC)c1.I. The molecule has 1 aromatic rings. The van der Waals surface area contributed by atoms with Crippen molar-refractivity contribution in [2.45, 2.75) is 39.2 Å². The summed E-state index contributed by atoms with van der Waals surface area (Å²) in [6.45, 7) is 3.56. The number of methoxy groups -OCH3 is 2.